The molecular formula is C21H18F3N3O3. The van der Waals surface area contributed by atoms with Crippen molar-refractivity contribution in [2.24, 2.45) is 11.1 Å². The lowest BCUT2D eigenvalue weighted by molar-refractivity contribution is -0.135. The highest BCUT2D eigenvalue weighted by atomic mass is 19.1. The molecule has 0 aromatic heterocycles. The lowest BCUT2D eigenvalue weighted by Gasteiger charge is -2.30. The number of fused-ring (bicyclic) bond motifs is 1. The summed E-state index contributed by atoms with van der Waals surface area (Å²) >= 11 is 0. The van der Waals surface area contributed by atoms with E-state index in [1.54, 1.807) is 0 Å². The largest absolute Gasteiger partial charge is 0.475 e. The number of carboxylic acids is 1. The van der Waals surface area contributed by atoms with Crippen LogP contribution in [0.15, 0.2) is 42.3 Å². The van der Waals surface area contributed by atoms with Crippen LogP contribution in [0, 0.1) is 22.9 Å². The number of benzene rings is 2. The summed E-state index contributed by atoms with van der Waals surface area (Å²) in [7, 11) is 0. The van der Waals surface area contributed by atoms with Crippen molar-refractivity contribution in [3.05, 3.63) is 59.7 Å². The first-order chi connectivity index (χ1) is 14.3. The average Bonchev–Trinajstić information content (AvgIpc) is 3.11. The zero-order valence-electron chi connectivity index (χ0n) is 15.7. The summed E-state index contributed by atoms with van der Waals surface area (Å²) in [5, 5.41) is 9.34. The number of nitrogens with zero attached hydrogens (tertiary/aromatic N) is 2. The monoisotopic (exact) mass is 417 g/mol. The SMILES string of the molecule is NC1CC12CCN(c1cc3c(cc1F)OC(C(=O)O)=CN3c1ccc(F)cc1F)C2. The molecule has 2 heterocycles. The Morgan fingerprint density at radius 1 is 1.13 bits per heavy atom. The molecule has 3 aliphatic rings. The van der Waals surface area contributed by atoms with Gasteiger partial charge in [0.05, 0.1) is 23.3 Å². The number of aliphatic carboxylic acids is 1. The van der Waals surface area contributed by atoms with Gasteiger partial charge in [0.1, 0.15) is 17.5 Å². The summed E-state index contributed by atoms with van der Waals surface area (Å²) in [6.07, 6.45) is 2.85. The lowest BCUT2D eigenvalue weighted by atomic mass is 10.1. The topological polar surface area (TPSA) is 79.0 Å². The Morgan fingerprint density at radius 2 is 1.87 bits per heavy atom. The predicted octanol–water partition coefficient (Wildman–Crippen LogP) is 3.49. The van der Waals surface area contributed by atoms with Crippen molar-refractivity contribution in [1.29, 1.82) is 0 Å². The van der Waals surface area contributed by atoms with Crippen LogP contribution >= 0.6 is 0 Å². The van der Waals surface area contributed by atoms with Gasteiger partial charge in [0.25, 0.3) is 0 Å². The summed E-state index contributed by atoms with van der Waals surface area (Å²) in [4.78, 5) is 14.6. The van der Waals surface area contributed by atoms with Crippen molar-refractivity contribution >= 4 is 23.0 Å². The number of halogens is 3. The van der Waals surface area contributed by atoms with Crippen molar-refractivity contribution in [3.63, 3.8) is 0 Å². The van der Waals surface area contributed by atoms with E-state index in [1.165, 1.54) is 17.0 Å². The summed E-state index contributed by atoms with van der Waals surface area (Å²) in [5.74, 6) is -4.22. The average molecular weight is 417 g/mol. The van der Waals surface area contributed by atoms with Gasteiger partial charge in [-0.2, -0.15) is 0 Å². The molecule has 30 heavy (non-hydrogen) atoms. The van der Waals surface area contributed by atoms with Crippen LogP contribution in [0.1, 0.15) is 12.8 Å². The molecule has 2 atom stereocenters. The van der Waals surface area contributed by atoms with Crippen molar-refractivity contribution in [1.82, 2.24) is 0 Å². The van der Waals surface area contributed by atoms with E-state index in [0.717, 1.165) is 31.2 Å². The molecule has 0 radical (unpaired) electrons. The van der Waals surface area contributed by atoms with Crippen molar-refractivity contribution in [2.45, 2.75) is 18.9 Å². The highest BCUT2D eigenvalue weighted by molar-refractivity contribution is 5.89. The van der Waals surface area contributed by atoms with Crippen molar-refractivity contribution in [2.75, 3.05) is 22.9 Å². The fourth-order valence-corrected chi connectivity index (χ4v) is 4.30. The van der Waals surface area contributed by atoms with E-state index in [0.29, 0.717) is 24.8 Å². The van der Waals surface area contributed by atoms with Crippen LogP contribution in [0.4, 0.5) is 30.2 Å². The van der Waals surface area contributed by atoms with E-state index >= 15 is 0 Å². The van der Waals surface area contributed by atoms with Crippen LogP contribution in [-0.2, 0) is 4.79 Å². The second-order valence-electron chi connectivity index (χ2n) is 7.98. The second-order valence-corrected chi connectivity index (χ2v) is 7.98. The quantitative estimate of drug-likeness (QED) is 0.796. The smallest absolute Gasteiger partial charge is 0.373 e. The molecule has 156 valence electrons. The number of carboxylic acid groups (broad SMARTS) is 1. The molecule has 0 amide bonds. The fraction of sp³-hybridized carbons (Fsp3) is 0.286. The standard InChI is InChI=1S/C21H18F3N3O3/c22-11-1-2-14(12(23)5-11)27-9-18(20(28)29)30-17-6-13(24)15(7-16(17)27)26-4-3-21(10-26)8-19(21)25/h1-2,5-7,9,19H,3-4,8,10,25H2,(H,28,29). The highest BCUT2D eigenvalue weighted by Gasteiger charge is 2.55. The molecule has 9 heteroatoms. The van der Waals surface area contributed by atoms with Gasteiger partial charge in [-0.15, -0.1) is 0 Å². The third-order valence-electron chi connectivity index (χ3n) is 6.11. The molecule has 2 fully saturated rings. The number of carbonyl (C=O) groups is 1. The number of hydrogen-bond donors (Lipinski definition) is 2. The van der Waals surface area contributed by atoms with Gasteiger partial charge in [-0.05, 0) is 31.0 Å². The van der Waals surface area contributed by atoms with Gasteiger partial charge in [-0.25, -0.2) is 18.0 Å². The first-order valence-electron chi connectivity index (χ1n) is 9.49. The molecule has 2 aromatic rings. The minimum Gasteiger partial charge on any atom is -0.475 e. The van der Waals surface area contributed by atoms with E-state index < -0.39 is 29.2 Å². The van der Waals surface area contributed by atoms with Gasteiger partial charge in [0.15, 0.2) is 5.75 Å². The molecular weight excluding hydrogens is 399 g/mol. The maximum atomic E-state index is 14.9. The summed E-state index contributed by atoms with van der Waals surface area (Å²) in [6.45, 7) is 1.25. The van der Waals surface area contributed by atoms with Crippen LogP contribution in [0.5, 0.6) is 5.75 Å². The number of hydrogen-bond acceptors (Lipinski definition) is 5. The first kappa shape index (κ1) is 18.8. The van der Waals surface area contributed by atoms with Gasteiger partial charge in [0.2, 0.25) is 5.76 Å². The van der Waals surface area contributed by atoms with Crippen LogP contribution in [0.2, 0.25) is 0 Å². The summed E-state index contributed by atoms with van der Waals surface area (Å²) < 4.78 is 48.1. The van der Waals surface area contributed by atoms with Gasteiger partial charge in [0, 0.05) is 36.7 Å². The second kappa shape index (κ2) is 6.40. The lowest BCUT2D eigenvalue weighted by Crippen LogP contribution is -2.26. The summed E-state index contributed by atoms with van der Waals surface area (Å²) in [6, 6.07) is 5.64. The van der Waals surface area contributed by atoms with Crippen LogP contribution < -0.4 is 20.3 Å². The van der Waals surface area contributed by atoms with E-state index in [1.807, 2.05) is 4.90 Å². The molecule has 1 saturated carbocycles. The van der Waals surface area contributed by atoms with Crippen LogP contribution in [0.25, 0.3) is 0 Å². The Hall–Kier alpha value is -3.20. The van der Waals surface area contributed by atoms with Crippen molar-refractivity contribution in [3.8, 4) is 5.75 Å². The Morgan fingerprint density at radius 3 is 2.50 bits per heavy atom. The Bertz CT molecular complexity index is 1110. The van der Waals surface area contributed by atoms with Crippen molar-refractivity contribution < 1.29 is 27.8 Å². The minimum atomic E-state index is -1.40. The number of ether oxygens (including phenoxy) is 1. The third kappa shape index (κ3) is 2.88. The fourth-order valence-electron chi connectivity index (χ4n) is 4.30. The zero-order valence-corrected chi connectivity index (χ0v) is 15.7. The maximum absolute atomic E-state index is 14.9. The molecule has 5 rings (SSSR count). The van der Waals surface area contributed by atoms with Gasteiger partial charge < -0.3 is 25.4 Å². The minimum absolute atomic E-state index is 0.0119. The molecule has 2 aromatic carbocycles. The first-order valence-corrected chi connectivity index (χ1v) is 9.49. The van der Waals surface area contributed by atoms with E-state index in [2.05, 4.69) is 0 Å². The Kier molecular flexibility index (Phi) is 4.01. The molecule has 0 bridgehead atoms. The molecule has 3 N–H and O–H groups in total. The maximum Gasteiger partial charge on any atom is 0.373 e. The predicted molar refractivity (Wildman–Crippen MR) is 103 cm³/mol. The van der Waals surface area contributed by atoms with Crippen LogP contribution in [-0.4, -0.2) is 30.2 Å². The Labute approximate surface area is 169 Å². The van der Waals surface area contributed by atoms with E-state index in [-0.39, 0.29) is 28.6 Å². The molecule has 2 aliphatic heterocycles. The molecule has 1 saturated heterocycles. The molecule has 2 unspecified atom stereocenters. The van der Waals surface area contributed by atoms with E-state index in [9.17, 15) is 23.1 Å². The number of anilines is 3. The summed E-state index contributed by atoms with van der Waals surface area (Å²) in [5.41, 5.74) is 6.52. The molecule has 6 nitrogen and oxygen atoms in total. The van der Waals surface area contributed by atoms with Gasteiger partial charge >= 0.3 is 5.97 Å². The normalized spacial score (nSPS) is 24.5. The third-order valence-corrected chi connectivity index (χ3v) is 6.11. The highest BCUT2D eigenvalue weighted by Crippen LogP contribution is 2.53. The van der Waals surface area contributed by atoms with Gasteiger partial charge in [-0.3, -0.25) is 0 Å². The Balaban J connectivity index is 1.60. The number of nitrogens with two attached hydrogens (primary N) is 1. The van der Waals surface area contributed by atoms with Gasteiger partial charge in [-0.1, -0.05) is 0 Å². The zero-order chi connectivity index (χ0) is 21.2. The van der Waals surface area contributed by atoms with E-state index in [4.69, 9.17) is 10.5 Å². The van der Waals surface area contributed by atoms with Crippen LogP contribution in [0.3, 0.4) is 0 Å². The molecule has 1 spiro atoms. The molecule has 1 aliphatic carbocycles. The number of rotatable bonds is 3.